The standard InChI is InChI=1S/C16H21NO2/c18-11-12-5-7-14(8-6-12)15(9-17-10-16(17)19)13-3-1-2-4-13/h5-8,11,13,15-16,19H,1-4,9-10H2/t15-,16+,17?/m1/s1. The van der Waals surface area contributed by atoms with Crippen LogP contribution in [0.25, 0.3) is 0 Å². The first-order valence-electron chi connectivity index (χ1n) is 7.25. The number of benzene rings is 1. The van der Waals surface area contributed by atoms with Crippen molar-refractivity contribution < 1.29 is 9.90 Å². The van der Waals surface area contributed by atoms with E-state index in [1.54, 1.807) is 0 Å². The van der Waals surface area contributed by atoms with Gasteiger partial charge in [-0.2, -0.15) is 0 Å². The molecular weight excluding hydrogens is 238 g/mol. The maximum absolute atomic E-state index is 10.7. The fourth-order valence-corrected chi connectivity index (χ4v) is 3.32. The van der Waals surface area contributed by atoms with Crippen molar-refractivity contribution in [3.05, 3.63) is 35.4 Å². The van der Waals surface area contributed by atoms with Gasteiger partial charge in [0.05, 0.1) is 0 Å². The summed E-state index contributed by atoms with van der Waals surface area (Å²) in [6.45, 7) is 1.77. The van der Waals surface area contributed by atoms with Gasteiger partial charge >= 0.3 is 0 Å². The second-order valence-corrected chi connectivity index (χ2v) is 5.87. The molecule has 1 heterocycles. The summed E-state index contributed by atoms with van der Waals surface area (Å²) in [5, 5.41) is 9.53. The Bertz CT molecular complexity index is 437. The number of β-amino-alcohol motifs (C(OH)–C–C–N with tert-alkyl or cyclic N) is 1. The number of hydrogen-bond acceptors (Lipinski definition) is 3. The number of carbonyl (C=O) groups excluding carboxylic acids is 1. The predicted octanol–water partition coefficient (Wildman–Crippen LogP) is 2.41. The quantitative estimate of drug-likeness (QED) is 0.652. The van der Waals surface area contributed by atoms with Crippen molar-refractivity contribution in [2.24, 2.45) is 5.92 Å². The van der Waals surface area contributed by atoms with Gasteiger partial charge in [-0.15, -0.1) is 0 Å². The van der Waals surface area contributed by atoms with Crippen LogP contribution in [0.2, 0.25) is 0 Å². The summed E-state index contributed by atoms with van der Waals surface area (Å²) in [6, 6.07) is 7.98. The minimum Gasteiger partial charge on any atom is -0.377 e. The molecule has 1 aliphatic heterocycles. The number of aliphatic hydroxyl groups is 1. The highest BCUT2D eigenvalue weighted by molar-refractivity contribution is 5.74. The van der Waals surface area contributed by atoms with Gasteiger partial charge in [-0.1, -0.05) is 37.1 Å². The van der Waals surface area contributed by atoms with Gasteiger partial charge in [0.15, 0.2) is 0 Å². The molecule has 1 aromatic carbocycles. The molecule has 3 nitrogen and oxygen atoms in total. The summed E-state index contributed by atoms with van der Waals surface area (Å²) in [6.07, 6.45) is 5.92. The molecule has 0 amide bonds. The predicted molar refractivity (Wildman–Crippen MR) is 74.1 cm³/mol. The van der Waals surface area contributed by atoms with Gasteiger partial charge in [-0.25, -0.2) is 0 Å². The normalized spacial score (nSPS) is 28.3. The number of carbonyl (C=O) groups is 1. The van der Waals surface area contributed by atoms with E-state index in [9.17, 15) is 9.90 Å². The van der Waals surface area contributed by atoms with E-state index in [0.29, 0.717) is 5.92 Å². The largest absolute Gasteiger partial charge is 0.377 e. The zero-order valence-electron chi connectivity index (χ0n) is 11.2. The second kappa shape index (κ2) is 5.43. The molecule has 1 unspecified atom stereocenters. The molecule has 3 atom stereocenters. The third kappa shape index (κ3) is 2.88. The average Bonchev–Trinajstić information content (AvgIpc) is 2.94. The van der Waals surface area contributed by atoms with Gasteiger partial charge in [-0.05, 0) is 30.2 Å². The molecule has 0 bridgehead atoms. The molecule has 1 aliphatic carbocycles. The molecule has 0 spiro atoms. The second-order valence-electron chi connectivity index (χ2n) is 5.87. The van der Waals surface area contributed by atoms with Crippen molar-refractivity contribution in [1.82, 2.24) is 4.90 Å². The van der Waals surface area contributed by atoms with E-state index in [0.717, 1.165) is 30.9 Å². The molecule has 102 valence electrons. The lowest BCUT2D eigenvalue weighted by molar-refractivity contribution is 0.112. The lowest BCUT2D eigenvalue weighted by Gasteiger charge is -2.24. The Morgan fingerprint density at radius 1 is 1.26 bits per heavy atom. The summed E-state index contributed by atoms with van der Waals surface area (Å²) in [5.74, 6) is 1.23. The van der Waals surface area contributed by atoms with Crippen molar-refractivity contribution in [3.8, 4) is 0 Å². The van der Waals surface area contributed by atoms with Crippen LogP contribution in [-0.4, -0.2) is 35.6 Å². The highest BCUT2D eigenvalue weighted by atomic mass is 16.3. The number of aldehydes is 1. The third-order valence-electron chi connectivity index (χ3n) is 4.59. The van der Waals surface area contributed by atoms with Crippen molar-refractivity contribution >= 4 is 6.29 Å². The third-order valence-corrected chi connectivity index (χ3v) is 4.59. The van der Waals surface area contributed by atoms with E-state index < -0.39 is 0 Å². The van der Waals surface area contributed by atoms with E-state index in [1.807, 2.05) is 12.1 Å². The van der Waals surface area contributed by atoms with Gasteiger partial charge in [0.25, 0.3) is 0 Å². The molecule has 1 saturated heterocycles. The van der Waals surface area contributed by atoms with Crippen LogP contribution in [0.1, 0.15) is 47.5 Å². The van der Waals surface area contributed by atoms with Gasteiger partial charge < -0.3 is 5.11 Å². The smallest absolute Gasteiger partial charge is 0.150 e. The molecule has 1 aromatic rings. The molecule has 3 heteroatoms. The van der Waals surface area contributed by atoms with Crippen LogP contribution in [0.3, 0.4) is 0 Å². The minimum absolute atomic E-state index is 0.224. The Morgan fingerprint density at radius 2 is 1.89 bits per heavy atom. The summed E-state index contributed by atoms with van der Waals surface area (Å²) in [4.78, 5) is 12.9. The zero-order valence-corrected chi connectivity index (χ0v) is 11.2. The van der Waals surface area contributed by atoms with Crippen LogP contribution in [0.15, 0.2) is 24.3 Å². The molecule has 0 aromatic heterocycles. The van der Waals surface area contributed by atoms with E-state index in [1.165, 1.54) is 31.2 Å². The summed E-state index contributed by atoms with van der Waals surface area (Å²) in [5.41, 5.74) is 2.05. The minimum atomic E-state index is -0.224. The van der Waals surface area contributed by atoms with Crippen LogP contribution in [0, 0.1) is 5.92 Å². The SMILES string of the molecule is O=Cc1ccc([C@H](CN2C[C@@H]2O)C2CCCC2)cc1. The Labute approximate surface area is 114 Å². The number of aliphatic hydroxyl groups excluding tert-OH is 1. The van der Waals surface area contributed by atoms with Gasteiger partial charge in [-0.3, -0.25) is 9.69 Å². The monoisotopic (exact) mass is 259 g/mol. The van der Waals surface area contributed by atoms with Crippen molar-refractivity contribution in [2.45, 2.75) is 37.8 Å². The van der Waals surface area contributed by atoms with E-state index in [-0.39, 0.29) is 6.23 Å². The fourth-order valence-electron chi connectivity index (χ4n) is 3.32. The fraction of sp³-hybridized carbons (Fsp3) is 0.562. The lowest BCUT2D eigenvalue weighted by atomic mass is 9.84. The first-order chi connectivity index (χ1) is 9.28. The maximum atomic E-state index is 10.7. The number of nitrogens with zero attached hydrogens (tertiary/aromatic N) is 1. The topological polar surface area (TPSA) is 40.3 Å². The molecule has 1 saturated carbocycles. The van der Waals surface area contributed by atoms with Crippen molar-refractivity contribution in [1.29, 1.82) is 0 Å². The van der Waals surface area contributed by atoms with Gasteiger partial charge in [0, 0.05) is 18.7 Å². The highest BCUT2D eigenvalue weighted by Gasteiger charge is 2.36. The Hall–Kier alpha value is -1.19. The molecule has 2 fully saturated rings. The summed E-state index contributed by atoms with van der Waals surface area (Å²) < 4.78 is 0. The summed E-state index contributed by atoms with van der Waals surface area (Å²) in [7, 11) is 0. The van der Waals surface area contributed by atoms with Crippen LogP contribution >= 0.6 is 0 Å². The van der Waals surface area contributed by atoms with Crippen LogP contribution in [-0.2, 0) is 0 Å². The van der Waals surface area contributed by atoms with Crippen molar-refractivity contribution in [3.63, 3.8) is 0 Å². The molecule has 3 rings (SSSR count). The van der Waals surface area contributed by atoms with Crippen molar-refractivity contribution in [2.75, 3.05) is 13.1 Å². The molecular formula is C16H21NO2. The Kier molecular flexibility index (Phi) is 3.67. The van der Waals surface area contributed by atoms with Gasteiger partial charge in [0.1, 0.15) is 12.5 Å². The number of rotatable bonds is 5. The zero-order chi connectivity index (χ0) is 13.2. The first kappa shape index (κ1) is 12.8. The molecule has 0 radical (unpaired) electrons. The van der Waals surface area contributed by atoms with Crippen LogP contribution in [0.4, 0.5) is 0 Å². The average molecular weight is 259 g/mol. The Morgan fingerprint density at radius 3 is 2.42 bits per heavy atom. The lowest BCUT2D eigenvalue weighted by Crippen LogP contribution is -2.20. The van der Waals surface area contributed by atoms with Crippen LogP contribution < -0.4 is 0 Å². The van der Waals surface area contributed by atoms with E-state index in [4.69, 9.17) is 0 Å². The van der Waals surface area contributed by atoms with E-state index >= 15 is 0 Å². The first-order valence-corrected chi connectivity index (χ1v) is 7.25. The maximum Gasteiger partial charge on any atom is 0.150 e. The highest BCUT2D eigenvalue weighted by Crippen LogP contribution is 2.39. The molecule has 2 aliphatic rings. The van der Waals surface area contributed by atoms with E-state index in [2.05, 4.69) is 17.0 Å². The number of hydrogen-bond donors (Lipinski definition) is 1. The van der Waals surface area contributed by atoms with Crippen LogP contribution in [0.5, 0.6) is 0 Å². The molecule has 19 heavy (non-hydrogen) atoms. The van der Waals surface area contributed by atoms with Gasteiger partial charge in [0.2, 0.25) is 0 Å². The Balaban J connectivity index is 1.77. The molecule has 1 N–H and O–H groups in total. The summed E-state index contributed by atoms with van der Waals surface area (Å²) >= 11 is 0.